The van der Waals surface area contributed by atoms with E-state index in [2.05, 4.69) is 45.4 Å². The summed E-state index contributed by atoms with van der Waals surface area (Å²) < 4.78 is 0. The molecule has 0 aromatic carbocycles. The van der Waals surface area contributed by atoms with E-state index in [1.54, 1.807) is 6.92 Å². The van der Waals surface area contributed by atoms with Gasteiger partial charge in [0.1, 0.15) is 5.78 Å². The number of nitrogens with zero attached hydrogens (tertiary/aromatic N) is 1. The lowest BCUT2D eigenvalue weighted by molar-refractivity contribution is -0.222. The molecule has 1 heterocycles. The van der Waals surface area contributed by atoms with Gasteiger partial charge in [0.15, 0.2) is 0 Å². The Morgan fingerprint density at radius 1 is 1.26 bits per heavy atom. The molecule has 2 rings (SSSR count). The van der Waals surface area contributed by atoms with Crippen LogP contribution in [0.5, 0.6) is 0 Å². The van der Waals surface area contributed by atoms with Gasteiger partial charge >= 0.3 is 0 Å². The minimum absolute atomic E-state index is 0.170. The van der Waals surface area contributed by atoms with Crippen LogP contribution < -0.4 is 0 Å². The molecule has 0 spiro atoms. The van der Waals surface area contributed by atoms with Crippen LogP contribution >= 0.6 is 0 Å². The molecule has 23 heavy (non-hydrogen) atoms. The number of piperidine rings is 1. The highest BCUT2D eigenvalue weighted by atomic mass is 16.7. The Bertz CT molecular complexity index is 498. The summed E-state index contributed by atoms with van der Waals surface area (Å²) in [6.45, 7) is 16.8. The maximum absolute atomic E-state index is 12.9. The van der Waals surface area contributed by atoms with E-state index in [-0.39, 0.29) is 16.6 Å². The number of allylic oxidation sites excluding steroid dienone is 3. The zero-order valence-electron chi connectivity index (χ0n) is 15.6. The number of ketones is 1. The van der Waals surface area contributed by atoms with E-state index in [1.165, 1.54) is 24.8 Å². The second-order valence-corrected chi connectivity index (χ2v) is 8.43. The van der Waals surface area contributed by atoms with Crippen molar-refractivity contribution < 1.29 is 9.63 Å². The smallest absolute Gasteiger partial charge is 0.139 e. The van der Waals surface area contributed by atoms with Crippen molar-refractivity contribution in [1.29, 1.82) is 0 Å². The molecule has 1 aliphatic heterocycles. The van der Waals surface area contributed by atoms with Gasteiger partial charge in [0.2, 0.25) is 0 Å². The number of carbonyl (C=O) groups excluding carboxylic acids is 1. The third-order valence-electron chi connectivity index (χ3n) is 6.09. The molecule has 1 atom stereocenters. The van der Waals surface area contributed by atoms with Crippen LogP contribution in [0.1, 0.15) is 60.3 Å². The summed E-state index contributed by atoms with van der Waals surface area (Å²) in [5.41, 5.74) is 0.273. The monoisotopic (exact) mass is 319 g/mol. The van der Waals surface area contributed by atoms with E-state index in [0.717, 1.165) is 19.5 Å². The van der Waals surface area contributed by atoms with Gasteiger partial charge in [-0.05, 0) is 37.0 Å². The number of hydrogen-bond donors (Lipinski definition) is 0. The van der Waals surface area contributed by atoms with Gasteiger partial charge in [0, 0.05) is 13.1 Å². The van der Waals surface area contributed by atoms with Crippen molar-refractivity contribution in [2.45, 2.75) is 60.3 Å². The van der Waals surface area contributed by atoms with Crippen LogP contribution in [-0.4, -0.2) is 30.5 Å². The molecular formula is C20H33NO2. The van der Waals surface area contributed by atoms with Crippen LogP contribution in [0.3, 0.4) is 0 Å². The van der Waals surface area contributed by atoms with Crippen molar-refractivity contribution in [2.75, 3.05) is 19.7 Å². The first-order valence-electron chi connectivity index (χ1n) is 8.89. The van der Waals surface area contributed by atoms with Crippen molar-refractivity contribution in [3.05, 3.63) is 24.3 Å². The molecule has 3 nitrogen and oxygen atoms in total. The van der Waals surface area contributed by atoms with Crippen LogP contribution in [0.2, 0.25) is 0 Å². The fourth-order valence-corrected chi connectivity index (χ4v) is 4.90. The lowest BCUT2D eigenvalue weighted by atomic mass is 9.47. The summed E-state index contributed by atoms with van der Waals surface area (Å²) in [6.07, 6.45) is 8.66. The maximum Gasteiger partial charge on any atom is 0.139 e. The average molecular weight is 319 g/mol. The molecule has 3 heteroatoms. The summed E-state index contributed by atoms with van der Waals surface area (Å²) in [7, 11) is 0. The first-order chi connectivity index (χ1) is 10.7. The molecular weight excluding hydrogens is 286 g/mol. The van der Waals surface area contributed by atoms with Crippen molar-refractivity contribution in [3.8, 4) is 0 Å². The topological polar surface area (TPSA) is 29.5 Å². The standard InChI is InChI=1S/C20H33NO2/c1-7-17-13-18(3,4)20(16(2)22,19(5,6)14-17)15-23-21-11-9-8-10-12-21/h7,13H,1,8-12,14-15H2,2-6H3. The van der Waals surface area contributed by atoms with Gasteiger partial charge in [0.05, 0.1) is 12.0 Å². The molecule has 1 unspecified atom stereocenters. The van der Waals surface area contributed by atoms with Gasteiger partial charge in [-0.1, -0.05) is 58.4 Å². The van der Waals surface area contributed by atoms with E-state index in [0.29, 0.717) is 6.61 Å². The molecule has 0 radical (unpaired) electrons. The number of Topliss-reactive ketones (excluding diaryl/α,β-unsaturated/α-hetero) is 1. The Kier molecular flexibility index (Phi) is 5.22. The van der Waals surface area contributed by atoms with Gasteiger partial charge in [-0.2, -0.15) is 5.06 Å². The Morgan fingerprint density at radius 2 is 1.87 bits per heavy atom. The molecule has 2 aliphatic rings. The second kappa shape index (κ2) is 6.52. The van der Waals surface area contributed by atoms with Crippen molar-refractivity contribution in [3.63, 3.8) is 0 Å². The van der Waals surface area contributed by atoms with Crippen molar-refractivity contribution >= 4 is 5.78 Å². The lowest BCUT2D eigenvalue weighted by Gasteiger charge is -2.56. The fraction of sp³-hybridized carbons (Fsp3) is 0.750. The number of rotatable bonds is 5. The summed E-state index contributed by atoms with van der Waals surface area (Å²) in [5, 5.41) is 2.06. The lowest BCUT2D eigenvalue weighted by Crippen LogP contribution is -2.58. The van der Waals surface area contributed by atoms with Gasteiger partial charge in [-0.15, -0.1) is 0 Å². The highest BCUT2D eigenvalue weighted by molar-refractivity contribution is 5.85. The molecule has 0 aromatic rings. The SMILES string of the molecule is C=CC1=CC(C)(C)C(CON2CCCCC2)(C(C)=O)C(C)(C)C1. The number of hydrogen-bond acceptors (Lipinski definition) is 3. The minimum atomic E-state index is -0.524. The summed E-state index contributed by atoms with van der Waals surface area (Å²) in [5.74, 6) is 0.226. The zero-order chi connectivity index (χ0) is 17.3. The molecule has 0 amide bonds. The normalized spacial score (nSPS) is 30.6. The van der Waals surface area contributed by atoms with E-state index in [1.807, 2.05) is 6.08 Å². The fourth-order valence-electron chi connectivity index (χ4n) is 4.90. The van der Waals surface area contributed by atoms with Gasteiger partial charge < -0.3 is 0 Å². The molecule has 0 N–H and O–H groups in total. The van der Waals surface area contributed by atoms with Crippen LogP contribution in [-0.2, 0) is 9.63 Å². The Morgan fingerprint density at radius 3 is 2.35 bits per heavy atom. The average Bonchev–Trinajstić information content (AvgIpc) is 2.45. The van der Waals surface area contributed by atoms with Crippen LogP contribution in [0.15, 0.2) is 24.3 Å². The molecule has 1 fully saturated rings. The van der Waals surface area contributed by atoms with Crippen LogP contribution in [0.25, 0.3) is 0 Å². The van der Waals surface area contributed by atoms with Crippen LogP contribution in [0, 0.1) is 16.2 Å². The van der Waals surface area contributed by atoms with Crippen molar-refractivity contribution in [2.24, 2.45) is 16.2 Å². The summed E-state index contributed by atoms with van der Waals surface area (Å²) in [4.78, 5) is 19.1. The highest BCUT2D eigenvalue weighted by Crippen LogP contribution is 2.59. The molecule has 1 saturated heterocycles. The van der Waals surface area contributed by atoms with Gasteiger partial charge in [-0.25, -0.2) is 0 Å². The predicted octanol–water partition coefficient (Wildman–Crippen LogP) is 4.55. The van der Waals surface area contributed by atoms with Crippen LogP contribution in [0.4, 0.5) is 0 Å². The molecule has 130 valence electrons. The number of carbonyl (C=O) groups is 1. The zero-order valence-corrected chi connectivity index (χ0v) is 15.6. The van der Waals surface area contributed by atoms with E-state index < -0.39 is 5.41 Å². The Hall–Kier alpha value is -0.930. The largest absolute Gasteiger partial charge is 0.299 e. The first kappa shape index (κ1) is 18.4. The molecule has 1 aliphatic carbocycles. The van der Waals surface area contributed by atoms with Crippen molar-refractivity contribution in [1.82, 2.24) is 5.06 Å². The van der Waals surface area contributed by atoms with Gasteiger partial charge in [0.25, 0.3) is 0 Å². The quantitative estimate of drug-likeness (QED) is 0.744. The van der Waals surface area contributed by atoms with E-state index in [9.17, 15) is 4.79 Å². The Balaban J connectivity index is 2.34. The van der Waals surface area contributed by atoms with E-state index >= 15 is 0 Å². The van der Waals surface area contributed by atoms with Gasteiger partial charge in [-0.3, -0.25) is 9.63 Å². The summed E-state index contributed by atoms with van der Waals surface area (Å²) in [6, 6.07) is 0. The molecule has 0 aromatic heterocycles. The first-order valence-corrected chi connectivity index (χ1v) is 8.89. The van der Waals surface area contributed by atoms with E-state index in [4.69, 9.17) is 4.84 Å². The highest BCUT2D eigenvalue weighted by Gasteiger charge is 2.59. The number of hydroxylamine groups is 2. The molecule has 0 bridgehead atoms. The third kappa shape index (κ3) is 3.18. The Labute approximate surface area is 141 Å². The second-order valence-electron chi connectivity index (χ2n) is 8.43. The summed E-state index contributed by atoms with van der Waals surface area (Å²) >= 11 is 0. The maximum atomic E-state index is 12.9. The third-order valence-corrected chi connectivity index (χ3v) is 6.09. The minimum Gasteiger partial charge on any atom is -0.299 e. The molecule has 0 saturated carbocycles. The predicted molar refractivity (Wildman–Crippen MR) is 94.9 cm³/mol.